The highest BCUT2D eigenvalue weighted by Crippen LogP contribution is 2.35. The highest BCUT2D eigenvalue weighted by molar-refractivity contribution is 6.05. The molecule has 5 rings (SSSR count). The summed E-state index contributed by atoms with van der Waals surface area (Å²) < 4.78 is 13.7. The van der Waals surface area contributed by atoms with Crippen molar-refractivity contribution in [1.82, 2.24) is 15.1 Å². The Morgan fingerprint density at radius 3 is 2.15 bits per heavy atom. The van der Waals surface area contributed by atoms with Gasteiger partial charge in [0, 0.05) is 32.0 Å². The third-order valence-corrected chi connectivity index (χ3v) is 8.64. The summed E-state index contributed by atoms with van der Waals surface area (Å²) in [6, 6.07) is 14.7. The first-order valence-electron chi connectivity index (χ1n) is 14.8. The first-order valence-corrected chi connectivity index (χ1v) is 14.8. The average Bonchev–Trinajstić information content (AvgIpc) is 3.24. The highest BCUT2D eigenvalue weighted by Gasteiger charge is 2.47. The molecular weight excluding hydrogens is 521 g/mol. The van der Waals surface area contributed by atoms with Crippen LogP contribution in [0.2, 0.25) is 0 Å². The number of likely N-dealkylation sites (tertiary alicyclic amines) is 1. The molecule has 0 unspecified atom stereocenters. The Hall–Kier alpha value is -3.81. The topological polar surface area (TPSA) is 86.8 Å². The molecule has 0 spiro atoms. The fourth-order valence-electron chi connectivity index (χ4n) is 6.33. The lowest BCUT2D eigenvalue weighted by Gasteiger charge is -2.34. The van der Waals surface area contributed by atoms with Gasteiger partial charge in [0.15, 0.2) is 0 Å². The van der Waals surface area contributed by atoms with Gasteiger partial charge in [0.05, 0.1) is 11.8 Å². The van der Waals surface area contributed by atoms with E-state index in [0.717, 1.165) is 37.7 Å². The molecule has 0 aromatic heterocycles. The van der Waals surface area contributed by atoms with Crippen molar-refractivity contribution in [2.45, 2.75) is 76.4 Å². The maximum Gasteiger partial charge on any atom is 0.243 e. The summed E-state index contributed by atoms with van der Waals surface area (Å²) in [4.78, 5) is 56.6. The van der Waals surface area contributed by atoms with E-state index in [9.17, 15) is 23.6 Å². The number of carbonyl (C=O) groups excluding carboxylic acids is 4. The van der Waals surface area contributed by atoms with Crippen LogP contribution in [0, 0.1) is 17.7 Å². The molecule has 2 aliphatic carbocycles. The van der Waals surface area contributed by atoms with Gasteiger partial charge >= 0.3 is 0 Å². The molecule has 41 heavy (non-hydrogen) atoms. The van der Waals surface area contributed by atoms with E-state index in [1.165, 1.54) is 21.9 Å². The fourth-order valence-corrected chi connectivity index (χ4v) is 6.33. The molecule has 1 saturated carbocycles. The third-order valence-electron chi connectivity index (χ3n) is 8.64. The standard InChI is InChI=1S/C33H38FN3O4/c34-25-17-15-24(16-18-25)22-37(30(38)19-20-36-32(40)27-13-7-8-14-28(27)33(36)41)29(21-23-9-3-1-4-10-23)31(39)35-26-11-5-2-6-12-26/h1,3-4,7-10,15-18,26-29H,2,5-6,11-14,19-22H2,(H,35,39)/t27-,28+,29-/m1/s1. The molecule has 3 atom stereocenters. The number of hydrogen-bond donors (Lipinski definition) is 1. The second-order valence-corrected chi connectivity index (χ2v) is 11.4. The van der Waals surface area contributed by atoms with Crippen LogP contribution in [-0.4, -0.2) is 52.1 Å². The van der Waals surface area contributed by atoms with Gasteiger partial charge in [-0.15, -0.1) is 0 Å². The van der Waals surface area contributed by atoms with E-state index in [-0.39, 0.29) is 66.8 Å². The van der Waals surface area contributed by atoms with Crippen LogP contribution in [-0.2, 0) is 32.1 Å². The summed E-state index contributed by atoms with van der Waals surface area (Å²) in [6.07, 6.45) is 10.3. The van der Waals surface area contributed by atoms with Crippen molar-refractivity contribution in [2.24, 2.45) is 11.8 Å². The zero-order valence-corrected chi connectivity index (χ0v) is 23.3. The molecule has 8 heteroatoms. The van der Waals surface area contributed by atoms with Gasteiger partial charge < -0.3 is 10.2 Å². The summed E-state index contributed by atoms with van der Waals surface area (Å²) >= 11 is 0. The predicted octanol–water partition coefficient (Wildman–Crippen LogP) is 4.56. The van der Waals surface area contributed by atoms with E-state index < -0.39 is 6.04 Å². The minimum absolute atomic E-state index is 0.0221. The summed E-state index contributed by atoms with van der Waals surface area (Å²) in [5.41, 5.74) is 1.60. The fraction of sp³-hybridized carbons (Fsp3) is 0.455. The highest BCUT2D eigenvalue weighted by atomic mass is 19.1. The number of carbonyl (C=O) groups is 4. The number of nitrogens with zero attached hydrogens (tertiary/aromatic N) is 2. The van der Waals surface area contributed by atoms with Gasteiger partial charge in [0.25, 0.3) is 0 Å². The van der Waals surface area contributed by atoms with Crippen molar-refractivity contribution < 1.29 is 23.6 Å². The van der Waals surface area contributed by atoms with E-state index in [0.29, 0.717) is 24.8 Å². The number of halogens is 1. The van der Waals surface area contributed by atoms with Gasteiger partial charge in [-0.3, -0.25) is 24.1 Å². The van der Waals surface area contributed by atoms with Gasteiger partial charge in [0.1, 0.15) is 11.9 Å². The lowest BCUT2D eigenvalue weighted by molar-refractivity contribution is -0.144. The number of rotatable bonds is 10. The summed E-state index contributed by atoms with van der Waals surface area (Å²) in [7, 11) is 0. The molecule has 1 heterocycles. The van der Waals surface area contributed by atoms with Crippen LogP contribution < -0.4 is 5.32 Å². The zero-order valence-electron chi connectivity index (χ0n) is 23.3. The molecule has 1 N–H and O–H groups in total. The first kappa shape index (κ1) is 28.7. The maximum atomic E-state index is 13.9. The van der Waals surface area contributed by atoms with Crippen molar-refractivity contribution >= 4 is 23.6 Å². The summed E-state index contributed by atoms with van der Waals surface area (Å²) in [5, 5.41) is 3.20. The van der Waals surface area contributed by atoms with Crippen LogP contribution in [0.5, 0.6) is 0 Å². The smallest absolute Gasteiger partial charge is 0.243 e. The summed E-state index contributed by atoms with van der Waals surface area (Å²) in [6.45, 7) is 0.0808. The van der Waals surface area contributed by atoms with Gasteiger partial charge in [-0.1, -0.05) is 73.9 Å². The number of imide groups is 1. The van der Waals surface area contributed by atoms with Crippen LogP contribution >= 0.6 is 0 Å². The lowest BCUT2D eigenvalue weighted by atomic mass is 9.85. The molecule has 1 saturated heterocycles. The van der Waals surface area contributed by atoms with E-state index in [2.05, 4.69) is 5.32 Å². The van der Waals surface area contributed by atoms with Crippen LogP contribution in [0.3, 0.4) is 0 Å². The molecule has 2 fully saturated rings. The van der Waals surface area contributed by atoms with Crippen LogP contribution in [0.1, 0.15) is 62.5 Å². The van der Waals surface area contributed by atoms with Gasteiger partial charge in [-0.2, -0.15) is 0 Å². The number of allylic oxidation sites excluding steroid dienone is 2. The monoisotopic (exact) mass is 559 g/mol. The van der Waals surface area contributed by atoms with Crippen molar-refractivity contribution in [3.8, 4) is 0 Å². The number of hydrogen-bond acceptors (Lipinski definition) is 4. The third kappa shape index (κ3) is 6.92. The quantitative estimate of drug-likeness (QED) is 0.342. The van der Waals surface area contributed by atoms with Crippen molar-refractivity contribution in [1.29, 1.82) is 0 Å². The number of nitrogens with one attached hydrogen (secondary N) is 1. The molecular formula is C33H38FN3O4. The Bertz CT molecular complexity index is 1250. The van der Waals surface area contributed by atoms with E-state index >= 15 is 0 Å². The molecule has 216 valence electrons. The number of benzene rings is 2. The average molecular weight is 560 g/mol. The SMILES string of the molecule is O=C(NC1CCCCC1)[C@@H](Cc1ccccc1)N(Cc1ccc(F)cc1)C(=O)CCN1C(=O)[C@H]2CC=CC[C@H]2C1=O. The van der Waals surface area contributed by atoms with Crippen molar-refractivity contribution in [3.63, 3.8) is 0 Å². The largest absolute Gasteiger partial charge is 0.352 e. The van der Waals surface area contributed by atoms with Crippen LogP contribution in [0.15, 0.2) is 66.7 Å². The minimum atomic E-state index is -0.811. The minimum Gasteiger partial charge on any atom is -0.352 e. The maximum absolute atomic E-state index is 13.9. The van der Waals surface area contributed by atoms with Gasteiger partial charge in [0.2, 0.25) is 23.6 Å². The molecule has 7 nitrogen and oxygen atoms in total. The molecule has 1 aliphatic heterocycles. The second kappa shape index (κ2) is 13.2. The Kier molecular flexibility index (Phi) is 9.27. The zero-order chi connectivity index (χ0) is 28.8. The van der Waals surface area contributed by atoms with Crippen LogP contribution in [0.25, 0.3) is 0 Å². The molecule has 0 bridgehead atoms. The Morgan fingerprint density at radius 2 is 1.51 bits per heavy atom. The lowest BCUT2D eigenvalue weighted by Crippen LogP contribution is -2.53. The number of amides is 4. The van der Waals surface area contributed by atoms with Crippen molar-refractivity contribution in [3.05, 3.63) is 83.7 Å². The molecule has 2 aromatic rings. The number of fused-ring (bicyclic) bond motifs is 1. The van der Waals surface area contributed by atoms with Crippen molar-refractivity contribution in [2.75, 3.05) is 6.54 Å². The Labute approximate surface area is 240 Å². The normalized spacial score (nSPS) is 21.4. The Balaban J connectivity index is 1.38. The van der Waals surface area contributed by atoms with E-state index in [1.54, 1.807) is 12.1 Å². The Morgan fingerprint density at radius 1 is 0.878 bits per heavy atom. The van der Waals surface area contributed by atoms with Crippen LogP contribution in [0.4, 0.5) is 4.39 Å². The van der Waals surface area contributed by atoms with E-state index in [1.807, 2.05) is 42.5 Å². The molecule has 0 radical (unpaired) electrons. The summed E-state index contributed by atoms with van der Waals surface area (Å²) in [5.74, 6) is -2.10. The van der Waals surface area contributed by atoms with Gasteiger partial charge in [-0.25, -0.2) is 4.39 Å². The predicted molar refractivity (Wildman–Crippen MR) is 153 cm³/mol. The van der Waals surface area contributed by atoms with E-state index in [4.69, 9.17) is 0 Å². The molecule has 3 aliphatic rings. The molecule has 4 amide bonds. The first-order chi connectivity index (χ1) is 19.9. The second-order valence-electron chi connectivity index (χ2n) is 11.4. The molecule has 2 aromatic carbocycles. The van der Waals surface area contributed by atoms with Gasteiger partial charge in [-0.05, 0) is 48.9 Å².